The van der Waals surface area contributed by atoms with Crippen LogP contribution in [0.2, 0.25) is 5.02 Å². The third-order valence-corrected chi connectivity index (χ3v) is 7.68. The van der Waals surface area contributed by atoms with E-state index in [2.05, 4.69) is 16.0 Å². The average Bonchev–Trinajstić information content (AvgIpc) is 3.02. The van der Waals surface area contributed by atoms with Crippen molar-refractivity contribution in [3.05, 3.63) is 118 Å². The number of hydrogen-bond acceptors (Lipinski definition) is 6. The summed E-state index contributed by atoms with van der Waals surface area (Å²) in [5.74, 6) is 0.0198. The third kappa shape index (κ3) is 8.64. The van der Waals surface area contributed by atoms with Gasteiger partial charge in [0.1, 0.15) is 17.2 Å². The summed E-state index contributed by atoms with van der Waals surface area (Å²) in [7, 11) is 3.05. The Kier molecular flexibility index (Phi) is 10.9. The van der Waals surface area contributed by atoms with E-state index < -0.39 is 11.8 Å². The fourth-order valence-corrected chi connectivity index (χ4v) is 4.91. The van der Waals surface area contributed by atoms with Crippen LogP contribution in [-0.4, -0.2) is 37.7 Å². The Morgan fingerprint density at radius 2 is 1.63 bits per heavy atom. The lowest BCUT2D eigenvalue weighted by Crippen LogP contribution is -2.30. The Bertz CT molecular complexity index is 1660. The Labute approximate surface area is 259 Å². The predicted octanol–water partition coefficient (Wildman–Crippen LogP) is 6.81. The van der Waals surface area contributed by atoms with Crippen molar-refractivity contribution in [3.63, 3.8) is 0 Å². The van der Waals surface area contributed by atoms with Crippen LogP contribution in [0.5, 0.6) is 11.5 Å². The maximum absolute atomic E-state index is 13.5. The smallest absolute Gasteiger partial charge is 0.272 e. The van der Waals surface area contributed by atoms with Gasteiger partial charge in [0.2, 0.25) is 5.91 Å². The van der Waals surface area contributed by atoms with Crippen LogP contribution in [0.3, 0.4) is 0 Å². The largest absolute Gasteiger partial charge is 0.497 e. The summed E-state index contributed by atoms with van der Waals surface area (Å²) >= 11 is 7.47. The van der Waals surface area contributed by atoms with E-state index in [1.807, 2.05) is 13.0 Å². The molecular weight excluding hydrogens is 586 g/mol. The number of nitrogens with one attached hydrogen (secondary N) is 3. The Balaban J connectivity index is 1.51. The summed E-state index contributed by atoms with van der Waals surface area (Å²) in [6, 6.07) is 26.2. The van der Waals surface area contributed by atoms with Crippen LogP contribution in [0, 0.1) is 6.92 Å². The molecule has 0 aliphatic rings. The molecule has 8 nitrogen and oxygen atoms in total. The zero-order chi connectivity index (χ0) is 30.8. The quantitative estimate of drug-likeness (QED) is 0.126. The van der Waals surface area contributed by atoms with Gasteiger partial charge in [-0.3, -0.25) is 14.4 Å². The SMILES string of the molecule is COc1ccc(/C=C(/NC(=O)c2ccccc2)C(=O)Nc2cccc(SCC(=O)Nc3cccc(Cl)c3C)c2)c(OC)c1. The minimum absolute atomic E-state index is 0.00615. The molecule has 0 saturated carbocycles. The van der Waals surface area contributed by atoms with Gasteiger partial charge in [-0.25, -0.2) is 0 Å². The van der Waals surface area contributed by atoms with Crippen LogP contribution in [0.4, 0.5) is 11.4 Å². The zero-order valence-corrected chi connectivity index (χ0v) is 25.3. The van der Waals surface area contributed by atoms with E-state index in [0.29, 0.717) is 39.0 Å². The van der Waals surface area contributed by atoms with Gasteiger partial charge in [0.05, 0.1) is 20.0 Å². The molecule has 0 radical (unpaired) electrons. The standard InChI is InChI=1S/C33H30ClN3O5S/c1-21-27(34)13-8-14-28(21)36-31(38)20-43-26-12-7-11-24(18-26)35-33(40)29(37-32(39)22-9-5-4-6-10-22)17-23-15-16-25(41-2)19-30(23)42-3/h4-19H,20H2,1-3H3,(H,35,40)(H,36,38)(H,37,39)/b29-17+. The highest BCUT2D eigenvalue weighted by Gasteiger charge is 2.17. The molecule has 0 unspecified atom stereocenters. The highest BCUT2D eigenvalue weighted by molar-refractivity contribution is 8.00. The molecule has 0 aromatic heterocycles. The number of halogens is 1. The van der Waals surface area contributed by atoms with E-state index >= 15 is 0 Å². The van der Waals surface area contributed by atoms with Crippen LogP contribution in [0.15, 0.2) is 102 Å². The molecule has 3 N–H and O–H groups in total. The topological polar surface area (TPSA) is 106 Å². The highest BCUT2D eigenvalue weighted by Crippen LogP contribution is 2.28. The molecule has 4 aromatic carbocycles. The summed E-state index contributed by atoms with van der Waals surface area (Å²) in [6.45, 7) is 1.84. The Morgan fingerprint density at radius 3 is 2.37 bits per heavy atom. The van der Waals surface area contributed by atoms with Gasteiger partial charge >= 0.3 is 0 Å². The summed E-state index contributed by atoms with van der Waals surface area (Å²) < 4.78 is 10.7. The molecule has 0 spiro atoms. The van der Waals surface area contributed by atoms with Crippen molar-refractivity contribution in [1.29, 1.82) is 0 Å². The fraction of sp³-hybridized carbons (Fsp3) is 0.121. The molecular formula is C33H30ClN3O5S. The van der Waals surface area contributed by atoms with Gasteiger partial charge in [-0.05, 0) is 73.2 Å². The first-order valence-electron chi connectivity index (χ1n) is 13.2. The molecule has 220 valence electrons. The number of rotatable bonds is 11. The maximum Gasteiger partial charge on any atom is 0.272 e. The Morgan fingerprint density at radius 1 is 0.860 bits per heavy atom. The lowest BCUT2D eigenvalue weighted by atomic mass is 10.1. The van der Waals surface area contributed by atoms with Gasteiger partial charge in [0.25, 0.3) is 11.8 Å². The summed E-state index contributed by atoms with van der Waals surface area (Å²) in [6.07, 6.45) is 1.54. The molecule has 0 fully saturated rings. The highest BCUT2D eigenvalue weighted by atomic mass is 35.5. The van der Waals surface area contributed by atoms with Crippen LogP contribution in [0.1, 0.15) is 21.5 Å². The van der Waals surface area contributed by atoms with Crippen molar-refractivity contribution in [2.24, 2.45) is 0 Å². The number of hydrogen-bond donors (Lipinski definition) is 3. The molecule has 0 atom stereocenters. The lowest BCUT2D eigenvalue weighted by Gasteiger charge is -2.14. The number of carbonyl (C=O) groups excluding carboxylic acids is 3. The number of benzene rings is 4. The van der Waals surface area contributed by atoms with Gasteiger partial charge in [0.15, 0.2) is 0 Å². The summed E-state index contributed by atoms with van der Waals surface area (Å²) in [5.41, 5.74) is 2.90. The number of amides is 3. The van der Waals surface area contributed by atoms with E-state index in [9.17, 15) is 14.4 Å². The number of methoxy groups -OCH3 is 2. The molecule has 0 aliphatic heterocycles. The van der Waals surface area contributed by atoms with Gasteiger partial charge in [-0.2, -0.15) is 0 Å². The van der Waals surface area contributed by atoms with Gasteiger partial charge in [0, 0.05) is 38.5 Å². The van der Waals surface area contributed by atoms with Crippen LogP contribution < -0.4 is 25.4 Å². The summed E-state index contributed by atoms with van der Waals surface area (Å²) in [4.78, 5) is 39.9. The molecule has 0 bridgehead atoms. The van der Waals surface area contributed by atoms with E-state index in [1.54, 1.807) is 92.0 Å². The first-order chi connectivity index (χ1) is 20.8. The number of ether oxygens (including phenoxy) is 2. The van der Waals surface area contributed by atoms with Crippen molar-refractivity contribution in [2.45, 2.75) is 11.8 Å². The van der Waals surface area contributed by atoms with E-state index in [1.165, 1.54) is 24.9 Å². The van der Waals surface area contributed by atoms with Crippen molar-refractivity contribution in [2.75, 3.05) is 30.6 Å². The van der Waals surface area contributed by atoms with E-state index in [0.717, 1.165) is 10.5 Å². The van der Waals surface area contributed by atoms with Gasteiger partial charge < -0.3 is 25.4 Å². The minimum Gasteiger partial charge on any atom is -0.497 e. The number of anilines is 2. The number of thioether (sulfide) groups is 1. The van der Waals surface area contributed by atoms with E-state index in [4.69, 9.17) is 21.1 Å². The zero-order valence-electron chi connectivity index (χ0n) is 23.8. The molecule has 4 rings (SSSR count). The van der Waals surface area contributed by atoms with Crippen LogP contribution in [0.25, 0.3) is 6.08 Å². The van der Waals surface area contributed by atoms with Gasteiger partial charge in [-0.1, -0.05) is 41.9 Å². The third-order valence-electron chi connectivity index (χ3n) is 6.27. The van der Waals surface area contributed by atoms with Gasteiger partial charge in [-0.15, -0.1) is 11.8 Å². The molecule has 0 heterocycles. The van der Waals surface area contributed by atoms with Crippen LogP contribution in [-0.2, 0) is 9.59 Å². The second-order valence-corrected chi connectivity index (χ2v) is 10.7. The minimum atomic E-state index is -0.543. The fourth-order valence-electron chi connectivity index (χ4n) is 3.98. The first-order valence-corrected chi connectivity index (χ1v) is 14.5. The molecule has 0 aliphatic carbocycles. The second-order valence-electron chi connectivity index (χ2n) is 9.22. The van der Waals surface area contributed by atoms with Crippen molar-refractivity contribution >= 4 is 58.5 Å². The molecule has 43 heavy (non-hydrogen) atoms. The van der Waals surface area contributed by atoms with Crippen LogP contribution >= 0.6 is 23.4 Å². The average molecular weight is 616 g/mol. The second kappa shape index (κ2) is 14.9. The maximum atomic E-state index is 13.5. The van der Waals surface area contributed by atoms with Crippen molar-refractivity contribution in [3.8, 4) is 11.5 Å². The van der Waals surface area contributed by atoms with Crippen molar-refractivity contribution < 1.29 is 23.9 Å². The first kappa shape index (κ1) is 31.2. The normalized spacial score (nSPS) is 10.9. The molecule has 3 amide bonds. The molecule has 10 heteroatoms. The lowest BCUT2D eigenvalue weighted by molar-refractivity contribution is -0.114. The van der Waals surface area contributed by atoms with Crippen molar-refractivity contribution in [1.82, 2.24) is 5.32 Å². The van der Waals surface area contributed by atoms with E-state index in [-0.39, 0.29) is 17.4 Å². The molecule has 4 aromatic rings. The summed E-state index contributed by atoms with van der Waals surface area (Å²) in [5, 5.41) is 9.02. The number of carbonyl (C=O) groups is 3. The monoisotopic (exact) mass is 615 g/mol. The molecule has 0 saturated heterocycles. The Hall–Kier alpha value is -4.73. The predicted molar refractivity (Wildman–Crippen MR) is 172 cm³/mol.